The lowest BCUT2D eigenvalue weighted by Crippen LogP contribution is -1.66. The highest BCUT2D eigenvalue weighted by atomic mass is 13.8. The van der Waals surface area contributed by atoms with Crippen LogP contribution < -0.4 is 0 Å². The van der Waals surface area contributed by atoms with Crippen molar-refractivity contribution in [3.63, 3.8) is 0 Å². The van der Waals surface area contributed by atoms with Gasteiger partial charge in [-0.15, -0.1) is 5.73 Å². The van der Waals surface area contributed by atoms with Gasteiger partial charge in [-0.1, -0.05) is 24.8 Å². The molecule has 0 aliphatic heterocycles. The first-order chi connectivity index (χ1) is 4.81. The van der Waals surface area contributed by atoms with Crippen LogP contribution in [0.2, 0.25) is 0 Å². The summed E-state index contributed by atoms with van der Waals surface area (Å²) in [6, 6.07) is 0. The van der Waals surface area contributed by atoms with Crippen molar-refractivity contribution in [1.29, 1.82) is 0 Å². The Kier molecular flexibility index (Phi) is 5.51. The summed E-state index contributed by atoms with van der Waals surface area (Å²) in [6.07, 6.45) is 8.71. The summed E-state index contributed by atoms with van der Waals surface area (Å²) in [5.74, 6) is 0. The zero-order valence-electron chi connectivity index (χ0n) is 6.72. The molecule has 0 unspecified atom stereocenters. The Bertz CT molecular complexity index is 176. The Morgan fingerprint density at radius 3 is 2.80 bits per heavy atom. The molecule has 0 spiro atoms. The maximum absolute atomic E-state index is 3.56. The molecule has 10 heavy (non-hydrogen) atoms. The smallest absolute Gasteiger partial charge is 0.00654 e. The molecule has 0 bridgehead atoms. The molecular formula is C10H14. The van der Waals surface area contributed by atoms with Gasteiger partial charge in [0.25, 0.3) is 0 Å². The van der Waals surface area contributed by atoms with Crippen LogP contribution in [0.25, 0.3) is 0 Å². The molecule has 54 valence electrons. The first kappa shape index (κ1) is 9.00. The minimum Gasteiger partial charge on any atom is -0.122 e. The van der Waals surface area contributed by atoms with E-state index in [1.165, 1.54) is 5.57 Å². The Balaban J connectivity index is 3.93. The lowest BCUT2D eigenvalue weighted by Gasteiger charge is -1.86. The van der Waals surface area contributed by atoms with Crippen LogP contribution >= 0.6 is 0 Å². The second kappa shape index (κ2) is 6.12. The molecule has 0 heterocycles. The Morgan fingerprint density at radius 1 is 1.60 bits per heavy atom. The van der Waals surface area contributed by atoms with Crippen molar-refractivity contribution in [1.82, 2.24) is 0 Å². The number of hydrogen-bond acceptors (Lipinski definition) is 0. The summed E-state index contributed by atoms with van der Waals surface area (Å²) in [6.45, 7) is 7.64. The SMILES string of the molecule is C=CC=C=C(C)C/C=C\C. The first-order valence-electron chi connectivity index (χ1n) is 3.45. The molecule has 0 amide bonds. The van der Waals surface area contributed by atoms with E-state index in [1.54, 1.807) is 6.08 Å². The van der Waals surface area contributed by atoms with Crippen molar-refractivity contribution in [2.75, 3.05) is 0 Å². The average molecular weight is 134 g/mol. The first-order valence-corrected chi connectivity index (χ1v) is 3.45. The molecule has 0 aliphatic carbocycles. The van der Waals surface area contributed by atoms with Crippen LogP contribution in [0.4, 0.5) is 0 Å². The van der Waals surface area contributed by atoms with Gasteiger partial charge in [-0.2, -0.15) is 0 Å². The van der Waals surface area contributed by atoms with Crippen LogP contribution in [0.1, 0.15) is 20.3 Å². The van der Waals surface area contributed by atoms with Gasteiger partial charge in [-0.05, 0) is 31.9 Å². The van der Waals surface area contributed by atoms with E-state index >= 15 is 0 Å². The number of hydrogen-bond donors (Lipinski definition) is 0. The highest BCUT2D eigenvalue weighted by Crippen LogP contribution is 1.97. The fourth-order valence-electron chi connectivity index (χ4n) is 0.555. The molecule has 0 aromatic carbocycles. The second-order valence-electron chi connectivity index (χ2n) is 2.10. The highest BCUT2D eigenvalue weighted by Gasteiger charge is 1.78. The number of rotatable bonds is 3. The molecule has 0 saturated carbocycles. The molecule has 0 rings (SSSR count). The normalized spacial score (nSPS) is 9.00. The van der Waals surface area contributed by atoms with E-state index in [0.29, 0.717) is 0 Å². The molecule has 0 aromatic heterocycles. The molecule has 0 N–H and O–H groups in total. The monoisotopic (exact) mass is 134 g/mol. The van der Waals surface area contributed by atoms with E-state index in [4.69, 9.17) is 0 Å². The summed E-state index contributed by atoms with van der Waals surface area (Å²) in [7, 11) is 0. The summed E-state index contributed by atoms with van der Waals surface area (Å²) >= 11 is 0. The lowest BCUT2D eigenvalue weighted by molar-refractivity contribution is 1.21. The van der Waals surface area contributed by atoms with Crippen molar-refractivity contribution in [3.8, 4) is 0 Å². The van der Waals surface area contributed by atoms with Crippen LogP contribution in [0.3, 0.4) is 0 Å². The molecule has 0 aliphatic rings. The molecular weight excluding hydrogens is 120 g/mol. The van der Waals surface area contributed by atoms with Gasteiger partial charge in [0.05, 0.1) is 0 Å². The van der Waals surface area contributed by atoms with Crippen LogP contribution in [0.15, 0.2) is 42.2 Å². The van der Waals surface area contributed by atoms with Gasteiger partial charge in [0, 0.05) is 0 Å². The van der Waals surface area contributed by atoms with Gasteiger partial charge in [-0.25, -0.2) is 0 Å². The van der Waals surface area contributed by atoms with E-state index in [1.807, 2.05) is 19.1 Å². The molecule has 0 heteroatoms. The quantitative estimate of drug-likeness (QED) is 0.316. The van der Waals surface area contributed by atoms with E-state index in [-0.39, 0.29) is 0 Å². The zero-order chi connectivity index (χ0) is 7.82. The summed E-state index contributed by atoms with van der Waals surface area (Å²) in [5.41, 5.74) is 4.32. The van der Waals surface area contributed by atoms with E-state index < -0.39 is 0 Å². The van der Waals surface area contributed by atoms with Crippen LogP contribution in [0.5, 0.6) is 0 Å². The maximum atomic E-state index is 3.56. The lowest BCUT2D eigenvalue weighted by atomic mass is 10.2. The van der Waals surface area contributed by atoms with Crippen molar-refractivity contribution in [2.24, 2.45) is 0 Å². The largest absolute Gasteiger partial charge is 0.122 e. The topological polar surface area (TPSA) is 0 Å². The van der Waals surface area contributed by atoms with E-state index in [2.05, 4.69) is 25.3 Å². The van der Waals surface area contributed by atoms with Crippen molar-refractivity contribution in [3.05, 3.63) is 42.2 Å². The van der Waals surface area contributed by atoms with Gasteiger partial charge in [0.1, 0.15) is 0 Å². The third-order valence-corrected chi connectivity index (χ3v) is 1.11. The van der Waals surface area contributed by atoms with Gasteiger partial charge in [0.2, 0.25) is 0 Å². The third kappa shape index (κ3) is 5.14. The van der Waals surface area contributed by atoms with Gasteiger partial charge >= 0.3 is 0 Å². The van der Waals surface area contributed by atoms with Crippen molar-refractivity contribution in [2.45, 2.75) is 20.3 Å². The molecule has 0 saturated heterocycles. The number of allylic oxidation sites excluding steroid dienone is 4. The predicted octanol–water partition coefficient (Wildman–Crippen LogP) is 3.24. The molecule has 0 fully saturated rings. The minimum atomic E-state index is 0.987. The van der Waals surface area contributed by atoms with Gasteiger partial charge < -0.3 is 0 Å². The van der Waals surface area contributed by atoms with Crippen LogP contribution in [0, 0.1) is 0 Å². The van der Waals surface area contributed by atoms with Crippen LogP contribution in [-0.2, 0) is 0 Å². The molecule has 0 atom stereocenters. The van der Waals surface area contributed by atoms with E-state index in [9.17, 15) is 0 Å². The minimum absolute atomic E-state index is 0.987. The average Bonchev–Trinajstić information content (AvgIpc) is 1.97. The molecule has 0 nitrogen and oxygen atoms in total. The standard InChI is InChI=1S/C10H14/c1-4-6-8-10(3)9-7-5-2/h4-7H,1,9H2,2-3H3/b7-5-. The van der Waals surface area contributed by atoms with Crippen molar-refractivity contribution >= 4 is 0 Å². The van der Waals surface area contributed by atoms with Crippen molar-refractivity contribution < 1.29 is 0 Å². The Labute approximate surface area is 63.3 Å². The Hall–Kier alpha value is -1.00. The van der Waals surface area contributed by atoms with Gasteiger partial charge in [-0.3, -0.25) is 0 Å². The van der Waals surface area contributed by atoms with Gasteiger partial charge in [0.15, 0.2) is 0 Å². The summed E-state index contributed by atoms with van der Waals surface area (Å²) in [4.78, 5) is 0. The fraction of sp³-hybridized carbons (Fsp3) is 0.300. The molecule has 0 aromatic rings. The highest BCUT2D eigenvalue weighted by molar-refractivity contribution is 5.07. The predicted molar refractivity (Wildman–Crippen MR) is 46.9 cm³/mol. The Morgan fingerprint density at radius 2 is 2.30 bits per heavy atom. The van der Waals surface area contributed by atoms with E-state index in [0.717, 1.165) is 6.42 Å². The molecule has 0 radical (unpaired) electrons. The third-order valence-electron chi connectivity index (χ3n) is 1.11. The zero-order valence-corrected chi connectivity index (χ0v) is 6.72. The summed E-state index contributed by atoms with van der Waals surface area (Å²) in [5, 5.41) is 0. The second-order valence-corrected chi connectivity index (χ2v) is 2.10. The van der Waals surface area contributed by atoms with Crippen LogP contribution in [-0.4, -0.2) is 0 Å². The fourth-order valence-corrected chi connectivity index (χ4v) is 0.555. The summed E-state index contributed by atoms with van der Waals surface area (Å²) < 4.78 is 0. The maximum Gasteiger partial charge on any atom is -0.00654 e.